The lowest BCUT2D eigenvalue weighted by Crippen LogP contribution is -2.30. The van der Waals surface area contributed by atoms with Crippen molar-refractivity contribution >= 4 is 28.4 Å². The zero-order chi connectivity index (χ0) is 20.5. The second-order valence-corrected chi connectivity index (χ2v) is 7.14. The van der Waals surface area contributed by atoms with E-state index < -0.39 is 23.5 Å². The molecule has 5 nitrogen and oxygen atoms in total. The van der Waals surface area contributed by atoms with E-state index in [1.807, 2.05) is 31.2 Å². The second kappa shape index (κ2) is 7.54. The van der Waals surface area contributed by atoms with Crippen molar-refractivity contribution in [3.05, 3.63) is 77.2 Å². The van der Waals surface area contributed by atoms with Crippen LogP contribution in [0.2, 0.25) is 0 Å². The monoisotopic (exact) mass is 392 g/mol. The van der Waals surface area contributed by atoms with Crippen LogP contribution in [0.1, 0.15) is 36.9 Å². The first kappa shape index (κ1) is 18.9. The summed E-state index contributed by atoms with van der Waals surface area (Å²) in [5, 5.41) is 11.8. The highest BCUT2D eigenvalue weighted by molar-refractivity contribution is 6.46. The molecule has 0 spiro atoms. The van der Waals surface area contributed by atoms with Crippen molar-refractivity contribution in [3.63, 3.8) is 0 Å². The summed E-state index contributed by atoms with van der Waals surface area (Å²) in [7, 11) is 0. The van der Waals surface area contributed by atoms with Crippen molar-refractivity contribution in [1.29, 1.82) is 0 Å². The van der Waals surface area contributed by atoms with Gasteiger partial charge in [-0.1, -0.05) is 31.5 Å². The number of rotatable bonds is 5. The Morgan fingerprint density at radius 2 is 1.86 bits per heavy atom. The zero-order valence-electron chi connectivity index (χ0n) is 16.0. The number of aliphatic hydroxyl groups is 1. The maximum Gasteiger partial charge on any atom is 0.295 e. The Balaban J connectivity index is 1.92. The Kier molecular flexibility index (Phi) is 4.92. The molecule has 1 aromatic heterocycles. The number of Topliss-reactive ketones (excluding diaryl/α,β-unsaturated/α-hetero) is 1. The SMILES string of the molecule is CCCCN1C(=O)C(=O)/C(=C(/O)c2ccc(F)cc2)C1c1c[nH]c2ccccc12. The molecule has 4 rings (SSSR count). The molecule has 0 aliphatic carbocycles. The van der Waals surface area contributed by atoms with Crippen LogP contribution < -0.4 is 0 Å². The molecule has 2 heterocycles. The predicted octanol–water partition coefficient (Wildman–Crippen LogP) is 4.53. The topological polar surface area (TPSA) is 73.4 Å². The number of halogens is 1. The molecule has 0 saturated carbocycles. The summed E-state index contributed by atoms with van der Waals surface area (Å²) < 4.78 is 13.3. The molecule has 6 heteroatoms. The van der Waals surface area contributed by atoms with E-state index in [-0.39, 0.29) is 11.3 Å². The molecule has 2 aromatic carbocycles. The third-order valence-corrected chi connectivity index (χ3v) is 5.33. The molecule has 1 aliphatic heterocycles. The lowest BCUT2D eigenvalue weighted by molar-refractivity contribution is -0.139. The fourth-order valence-electron chi connectivity index (χ4n) is 3.85. The predicted molar refractivity (Wildman–Crippen MR) is 109 cm³/mol. The molecule has 2 N–H and O–H groups in total. The van der Waals surface area contributed by atoms with Crippen LogP contribution in [0.3, 0.4) is 0 Å². The minimum Gasteiger partial charge on any atom is -0.507 e. The van der Waals surface area contributed by atoms with E-state index in [4.69, 9.17) is 0 Å². The smallest absolute Gasteiger partial charge is 0.295 e. The number of carbonyl (C=O) groups is 2. The molecule has 1 fully saturated rings. The standard InChI is InChI=1S/C23H21FN2O3/c1-2-3-12-26-20(17-13-25-18-7-5-4-6-16(17)18)19(22(28)23(26)29)21(27)14-8-10-15(24)11-9-14/h4-11,13,20,25,27H,2-3,12H2,1H3/b21-19+. The highest BCUT2D eigenvalue weighted by Crippen LogP contribution is 2.42. The third kappa shape index (κ3) is 3.20. The van der Waals surface area contributed by atoms with Crippen LogP contribution in [-0.4, -0.2) is 33.2 Å². The molecular formula is C23H21FN2O3. The summed E-state index contributed by atoms with van der Waals surface area (Å²) in [6, 6.07) is 12.1. The summed E-state index contributed by atoms with van der Waals surface area (Å²) in [5.74, 6) is -2.09. The van der Waals surface area contributed by atoms with Crippen LogP contribution in [0.5, 0.6) is 0 Å². The number of para-hydroxylation sites is 1. The maximum atomic E-state index is 13.3. The molecule has 0 radical (unpaired) electrons. The van der Waals surface area contributed by atoms with Crippen molar-refractivity contribution in [2.24, 2.45) is 0 Å². The van der Waals surface area contributed by atoms with E-state index in [1.54, 1.807) is 6.20 Å². The van der Waals surface area contributed by atoms with Crippen LogP contribution in [0, 0.1) is 5.82 Å². The van der Waals surface area contributed by atoms with E-state index in [1.165, 1.54) is 29.2 Å². The highest BCUT2D eigenvalue weighted by atomic mass is 19.1. The van der Waals surface area contributed by atoms with Gasteiger partial charge in [-0.3, -0.25) is 9.59 Å². The van der Waals surface area contributed by atoms with Gasteiger partial charge in [-0.25, -0.2) is 4.39 Å². The molecule has 3 aromatic rings. The minimum absolute atomic E-state index is 0.0301. The maximum absolute atomic E-state index is 13.3. The number of aromatic amines is 1. The summed E-state index contributed by atoms with van der Waals surface area (Å²) >= 11 is 0. The highest BCUT2D eigenvalue weighted by Gasteiger charge is 2.46. The van der Waals surface area contributed by atoms with Gasteiger partial charge in [0.25, 0.3) is 11.7 Å². The number of hydrogen-bond acceptors (Lipinski definition) is 3. The number of aromatic nitrogens is 1. The van der Waals surface area contributed by atoms with Gasteiger partial charge in [0.05, 0.1) is 11.6 Å². The van der Waals surface area contributed by atoms with Gasteiger partial charge < -0.3 is 15.0 Å². The number of nitrogens with zero attached hydrogens (tertiary/aromatic N) is 1. The van der Waals surface area contributed by atoms with E-state index in [0.717, 1.165) is 29.3 Å². The number of carbonyl (C=O) groups excluding carboxylic acids is 2. The summed E-state index contributed by atoms with van der Waals surface area (Å²) in [4.78, 5) is 30.4. The number of amides is 1. The van der Waals surface area contributed by atoms with Crippen molar-refractivity contribution < 1.29 is 19.1 Å². The number of benzene rings is 2. The molecule has 0 bridgehead atoms. The Hall–Kier alpha value is -3.41. The number of hydrogen-bond donors (Lipinski definition) is 2. The zero-order valence-corrected chi connectivity index (χ0v) is 16.0. The number of ketones is 1. The van der Waals surface area contributed by atoms with Gasteiger partial charge in [0.15, 0.2) is 0 Å². The largest absolute Gasteiger partial charge is 0.507 e. The average molecular weight is 392 g/mol. The van der Waals surface area contributed by atoms with Gasteiger partial charge in [0.2, 0.25) is 0 Å². The summed E-state index contributed by atoms with van der Waals surface area (Å²) in [6.07, 6.45) is 3.38. The third-order valence-electron chi connectivity index (χ3n) is 5.33. The Morgan fingerprint density at radius 3 is 2.59 bits per heavy atom. The van der Waals surface area contributed by atoms with Crippen molar-refractivity contribution in [1.82, 2.24) is 9.88 Å². The van der Waals surface area contributed by atoms with Crippen LogP contribution in [0.25, 0.3) is 16.7 Å². The molecule has 1 saturated heterocycles. The Bertz CT molecular complexity index is 1110. The number of nitrogens with one attached hydrogen (secondary N) is 1. The van der Waals surface area contributed by atoms with E-state index >= 15 is 0 Å². The number of H-pyrrole nitrogens is 1. The van der Waals surface area contributed by atoms with E-state index in [9.17, 15) is 19.1 Å². The van der Waals surface area contributed by atoms with Gasteiger partial charge in [0, 0.05) is 34.8 Å². The van der Waals surface area contributed by atoms with Gasteiger partial charge in [-0.15, -0.1) is 0 Å². The fourth-order valence-corrected chi connectivity index (χ4v) is 3.85. The van der Waals surface area contributed by atoms with E-state index in [2.05, 4.69) is 4.98 Å². The van der Waals surface area contributed by atoms with Crippen LogP contribution >= 0.6 is 0 Å². The average Bonchev–Trinajstić information content (AvgIpc) is 3.26. The molecule has 1 atom stereocenters. The Labute approximate surface area is 167 Å². The first-order chi connectivity index (χ1) is 14.0. The molecule has 148 valence electrons. The molecule has 1 amide bonds. The van der Waals surface area contributed by atoms with Gasteiger partial charge in [-0.2, -0.15) is 0 Å². The quantitative estimate of drug-likeness (QED) is 0.381. The van der Waals surface area contributed by atoms with Crippen molar-refractivity contribution in [2.75, 3.05) is 6.54 Å². The molecule has 1 unspecified atom stereocenters. The number of aliphatic hydroxyl groups excluding tert-OH is 1. The van der Waals surface area contributed by atoms with Crippen molar-refractivity contribution in [3.8, 4) is 0 Å². The molecular weight excluding hydrogens is 371 g/mol. The number of likely N-dealkylation sites (tertiary alicyclic amines) is 1. The molecule has 1 aliphatic rings. The summed E-state index contributed by atoms with van der Waals surface area (Å²) in [6.45, 7) is 2.42. The Morgan fingerprint density at radius 1 is 1.14 bits per heavy atom. The number of unbranched alkanes of at least 4 members (excludes halogenated alkanes) is 1. The van der Waals surface area contributed by atoms with Gasteiger partial charge in [0.1, 0.15) is 11.6 Å². The van der Waals surface area contributed by atoms with Gasteiger partial charge in [-0.05, 0) is 36.8 Å². The lowest BCUT2D eigenvalue weighted by Gasteiger charge is -2.24. The van der Waals surface area contributed by atoms with Crippen LogP contribution in [0.4, 0.5) is 4.39 Å². The van der Waals surface area contributed by atoms with E-state index in [0.29, 0.717) is 12.1 Å². The second-order valence-electron chi connectivity index (χ2n) is 7.14. The first-order valence-electron chi connectivity index (χ1n) is 9.63. The lowest BCUT2D eigenvalue weighted by atomic mass is 9.95. The fraction of sp³-hybridized carbons (Fsp3) is 0.217. The first-order valence-corrected chi connectivity index (χ1v) is 9.63. The van der Waals surface area contributed by atoms with Crippen LogP contribution in [0.15, 0.2) is 60.3 Å². The summed E-state index contributed by atoms with van der Waals surface area (Å²) in [5.41, 5.74) is 1.96. The van der Waals surface area contributed by atoms with Gasteiger partial charge >= 0.3 is 0 Å². The number of fused-ring (bicyclic) bond motifs is 1. The minimum atomic E-state index is -0.724. The normalized spacial score (nSPS) is 18.7. The molecule has 29 heavy (non-hydrogen) atoms. The van der Waals surface area contributed by atoms with Crippen molar-refractivity contribution in [2.45, 2.75) is 25.8 Å². The van der Waals surface area contributed by atoms with Crippen LogP contribution in [-0.2, 0) is 9.59 Å².